The zero-order valence-electron chi connectivity index (χ0n) is 11.8. The molecule has 1 aromatic rings. The number of ketones is 1. The van der Waals surface area contributed by atoms with E-state index in [9.17, 15) is 19.5 Å². The van der Waals surface area contributed by atoms with Crippen LogP contribution in [0.4, 0.5) is 0 Å². The van der Waals surface area contributed by atoms with Crippen LogP contribution in [0.15, 0.2) is 24.3 Å². The van der Waals surface area contributed by atoms with Gasteiger partial charge in [0.05, 0.1) is 13.1 Å². The summed E-state index contributed by atoms with van der Waals surface area (Å²) in [4.78, 5) is 34.8. The van der Waals surface area contributed by atoms with Crippen molar-refractivity contribution < 1.29 is 75.6 Å². The van der Waals surface area contributed by atoms with E-state index in [0.717, 1.165) is 0 Å². The second-order valence-electron chi connectivity index (χ2n) is 4.06. The van der Waals surface area contributed by atoms with Crippen LogP contribution in [-0.4, -0.2) is 24.8 Å². The number of hydrogen-bond donors (Lipinski definition) is 0. The van der Waals surface area contributed by atoms with Crippen molar-refractivity contribution in [1.82, 2.24) is 0 Å². The van der Waals surface area contributed by atoms with Gasteiger partial charge in [-0.3, -0.25) is 9.59 Å². The Morgan fingerprint density at radius 1 is 1.20 bits per heavy atom. The van der Waals surface area contributed by atoms with E-state index in [1.165, 1.54) is 25.3 Å². The number of hydrogen-bond acceptors (Lipinski definition) is 5. The summed E-state index contributed by atoms with van der Waals surface area (Å²) < 4.78 is 4.59. The number of Topliss-reactive ketones (excluding diaryl/α,β-unsaturated/α-hetero) is 1. The number of carboxylic acids is 1. The van der Waals surface area contributed by atoms with Crippen LogP contribution in [0.3, 0.4) is 0 Å². The SMILES string of the molecule is CCCC(C(=O)OC)C(=O)c1ccccc1C(=O)[O-].[K+]. The minimum atomic E-state index is -1.44. The predicted octanol–water partition coefficient (Wildman–Crippen LogP) is -2.17. The molecule has 0 aliphatic rings. The number of carboxylic acid groups (broad SMARTS) is 1. The largest absolute Gasteiger partial charge is 1.00 e. The number of rotatable bonds is 6. The second kappa shape index (κ2) is 9.41. The van der Waals surface area contributed by atoms with Crippen LogP contribution < -0.4 is 56.5 Å². The van der Waals surface area contributed by atoms with Gasteiger partial charge in [0.1, 0.15) is 5.92 Å². The van der Waals surface area contributed by atoms with Gasteiger partial charge >= 0.3 is 57.4 Å². The molecule has 0 aliphatic heterocycles. The molecule has 0 spiro atoms. The summed E-state index contributed by atoms with van der Waals surface area (Å²) in [6.45, 7) is 1.83. The molecule has 1 rings (SSSR count). The van der Waals surface area contributed by atoms with Crippen molar-refractivity contribution >= 4 is 17.7 Å². The van der Waals surface area contributed by atoms with Crippen molar-refractivity contribution in [2.75, 3.05) is 7.11 Å². The van der Waals surface area contributed by atoms with E-state index in [-0.39, 0.29) is 62.5 Å². The van der Waals surface area contributed by atoms with E-state index in [1.54, 1.807) is 6.07 Å². The molecular formula is C14H15KO5. The van der Waals surface area contributed by atoms with Gasteiger partial charge in [0.2, 0.25) is 0 Å². The fourth-order valence-corrected chi connectivity index (χ4v) is 1.85. The third-order valence-corrected chi connectivity index (χ3v) is 2.79. The average Bonchev–Trinajstić information content (AvgIpc) is 2.43. The molecule has 6 heteroatoms. The number of carbonyl (C=O) groups is 3. The van der Waals surface area contributed by atoms with Gasteiger partial charge in [0.15, 0.2) is 5.78 Å². The zero-order valence-corrected chi connectivity index (χ0v) is 15.0. The number of benzene rings is 1. The predicted molar refractivity (Wildman–Crippen MR) is 65.5 cm³/mol. The quantitative estimate of drug-likeness (QED) is 0.258. The molecule has 0 saturated carbocycles. The second-order valence-corrected chi connectivity index (χ2v) is 4.06. The maximum absolute atomic E-state index is 12.3. The third-order valence-electron chi connectivity index (χ3n) is 2.79. The van der Waals surface area contributed by atoms with Crippen LogP contribution in [0.2, 0.25) is 0 Å². The Morgan fingerprint density at radius 3 is 2.20 bits per heavy atom. The van der Waals surface area contributed by atoms with Crippen LogP contribution in [0.25, 0.3) is 0 Å². The molecule has 0 radical (unpaired) electrons. The van der Waals surface area contributed by atoms with Crippen LogP contribution >= 0.6 is 0 Å². The van der Waals surface area contributed by atoms with Crippen molar-refractivity contribution in [2.45, 2.75) is 19.8 Å². The monoisotopic (exact) mass is 302 g/mol. The molecule has 20 heavy (non-hydrogen) atoms. The Balaban J connectivity index is 0.00000361. The number of ether oxygens (including phenoxy) is 1. The molecule has 0 amide bonds. The van der Waals surface area contributed by atoms with Gasteiger partial charge in [-0.05, 0) is 6.42 Å². The van der Waals surface area contributed by atoms with Crippen LogP contribution in [0.1, 0.15) is 40.5 Å². The first-order chi connectivity index (χ1) is 9.02. The maximum Gasteiger partial charge on any atom is 1.00 e. The Kier molecular flexibility index (Phi) is 9.16. The molecule has 0 saturated heterocycles. The first kappa shape index (κ1) is 19.5. The van der Waals surface area contributed by atoms with Crippen LogP contribution in [0.5, 0.6) is 0 Å². The molecule has 0 fully saturated rings. The van der Waals surface area contributed by atoms with Gasteiger partial charge in [-0.2, -0.15) is 0 Å². The van der Waals surface area contributed by atoms with Gasteiger partial charge in [-0.15, -0.1) is 0 Å². The van der Waals surface area contributed by atoms with Crippen molar-refractivity contribution in [3.63, 3.8) is 0 Å². The first-order valence-corrected chi connectivity index (χ1v) is 5.95. The summed E-state index contributed by atoms with van der Waals surface area (Å²) in [5, 5.41) is 11.0. The fourth-order valence-electron chi connectivity index (χ4n) is 1.85. The number of aromatic carboxylic acids is 1. The Labute approximate surface area is 160 Å². The van der Waals surface area contributed by atoms with E-state index in [4.69, 9.17) is 0 Å². The Bertz CT molecular complexity index is 498. The fraction of sp³-hybridized carbons (Fsp3) is 0.357. The molecule has 102 valence electrons. The van der Waals surface area contributed by atoms with Gasteiger partial charge in [0.25, 0.3) is 0 Å². The minimum Gasteiger partial charge on any atom is -0.545 e. The molecule has 1 unspecified atom stereocenters. The number of methoxy groups -OCH3 is 1. The molecule has 0 aromatic heterocycles. The Morgan fingerprint density at radius 2 is 1.75 bits per heavy atom. The van der Waals surface area contributed by atoms with E-state index < -0.39 is 23.6 Å². The van der Waals surface area contributed by atoms with Crippen molar-refractivity contribution in [1.29, 1.82) is 0 Å². The van der Waals surface area contributed by atoms with Gasteiger partial charge in [-0.1, -0.05) is 37.6 Å². The average molecular weight is 302 g/mol. The van der Waals surface area contributed by atoms with E-state index in [2.05, 4.69) is 4.74 Å². The summed E-state index contributed by atoms with van der Waals surface area (Å²) in [5.41, 5.74) is -0.233. The molecule has 0 N–H and O–H groups in total. The molecule has 0 heterocycles. The van der Waals surface area contributed by atoms with Gasteiger partial charge < -0.3 is 14.6 Å². The summed E-state index contributed by atoms with van der Waals surface area (Å²) in [5.74, 6) is -3.62. The minimum absolute atomic E-state index is 0. The number of esters is 1. The standard InChI is InChI=1S/C14H16O5.K/c1-3-6-11(14(18)19-2)12(15)9-7-4-5-8-10(9)13(16)17;/h4-5,7-8,11H,3,6H2,1-2H3,(H,16,17);/q;+1/p-1. The zero-order chi connectivity index (χ0) is 14.4. The van der Waals surface area contributed by atoms with Crippen molar-refractivity contribution in [3.05, 3.63) is 35.4 Å². The van der Waals surface area contributed by atoms with E-state index in [0.29, 0.717) is 12.8 Å². The molecule has 1 atom stereocenters. The molecule has 0 bridgehead atoms. The molecule has 1 aromatic carbocycles. The normalized spacial score (nSPS) is 11.1. The number of carbonyl (C=O) groups excluding carboxylic acids is 3. The molecular weight excluding hydrogens is 287 g/mol. The molecule has 5 nitrogen and oxygen atoms in total. The smallest absolute Gasteiger partial charge is 0.545 e. The topological polar surface area (TPSA) is 83.5 Å². The van der Waals surface area contributed by atoms with Crippen LogP contribution in [-0.2, 0) is 9.53 Å². The Hall–Kier alpha value is -0.534. The van der Waals surface area contributed by atoms with Gasteiger partial charge in [-0.25, -0.2) is 0 Å². The maximum atomic E-state index is 12.3. The summed E-state index contributed by atoms with van der Waals surface area (Å²) >= 11 is 0. The van der Waals surface area contributed by atoms with Crippen molar-refractivity contribution in [2.24, 2.45) is 5.92 Å². The van der Waals surface area contributed by atoms with E-state index >= 15 is 0 Å². The summed E-state index contributed by atoms with van der Waals surface area (Å²) in [6.07, 6.45) is 0.923. The van der Waals surface area contributed by atoms with Gasteiger partial charge in [0, 0.05) is 11.1 Å². The van der Waals surface area contributed by atoms with Crippen LogP contribution in [0, 0.1) is 5.92 Å². The summed E-state index contributed by atoms with van der Waals surface area (Å²) in [7, 11) is 1.20. The first-order valence-electron chi connectivity index (χ1n) is 5.95. The summed E-state index contributed by atoms with van der Waals surface area (Å²) in [6, 6.07) is 5.69. The van der Waals surface area contributed by atoms with Crippen molar-refractivity contribution in [3.8, 4) is 0 Å². The van der Waals surface area contributed by atoms with E-state index in [1.807, 2.05) is 6.92 Å². The third kappa shape index (κ3) is 4.78. The molecule has 0 aliphatic carbocycles.